The minimum absolute atomic E-state index is 0.592. The molecule has 0 fully saturated rings. The molecule has 6 heteroatoms. The summed E-state index contributed by atoms with van der Waals surface area (Å²) in [5, 5.41) is 7.04. The molecule has 238 valence electrons. The van der Waals surface area contributed by atoms with E-state index in [1.54, 1.807) is 0 Å². The minimum atomic E-state index is 0.592. The highest BCUT2D eigenvalue weighted by Gasteiger charge is 2.20. The zero-order chi connectivity index (χ0) is 33.5. The van der Waals surface area contributed by atoms with Crippen molar-refractivity contribution in [1.29, 1.82) is 0 Å². The Kier molecular flexibility index (Phi) is 6.05. The van der Waals surface area contributed by atoms with Gasteiger partial charge in [0.15, 0.2) is 11.6 Å². The van der Waals surface area contributed by atoms with E-state index in [4.69, 9.17) is 19.4 Å². The Morgan fingerprint density at radius 3 is 1.88 bits per heavy atom. The number of aromatic nitrogens is 4. The quantitative estimate of drug-likeness (QED) is 0.187. The fourth-order valence-corrected chi connectivity index (χ4v) is 8.66. The molecule has 0 spiro atoms. The molecule has 0 bridgehead atoms. The lowest BCUT2D eigenvalue weighted by molar-refractivity contribution is 0.670. The lowest BCUT2D eigenvalue weighted by Crippen LogP contribution is -2.06. The van der Waals surface area contributed by atoms with Crippen molar-refractivity contribution in [2.45, 2.75) is 0 Å². The molecule has 0 amide bonds. The Morgan fingerprint density at radius 2 is 1.10 bits per heavy atom. The van der Waals surface area contributed by atoms with Gasteiger partial charge in [0, 0.05) is 58.4 Å². The molecule has 0 unspecified atom stereocenters. The number of hydrogen-bond acceptors (Lipinski definition) is 5. The van der Waals surface area contributed by atoms with Crippen LogP contribution in [0.1, 0.15) is 0 Å². The highest BCUT2D eigenvalue weighted by atomic mass is 32.1. The van der Waals surface area contributed by atoms with E-state index >= 15 is 0 Å². The van der Waals surface area contributed by atoms with Crippen molar-refractivity contribution >= 4 is 75.3 Å². The molecule has 11 rings (SSSR count). The highest BCUT2D eigenvalue weighted by Crippen LogP contribution is 2.43. The van der Waals surface area contributed by atoms with Gasteiger partial charge < -0.3 is 4.42 Å². The Labute approximate surface area is 295 Å². The van der Waals surface area contributed by atoms with Crippen LogP contribution < -0.4 is 0 Å². The second-order valence-corrected chi connectivity index (χ2v) is 13.9. The van der Waals surface area contributed by atoms with E-state index in [1.807, 2.05) is 84.1 Å². The van der Waals surface area contributed by atoms with Gasteiger partial charge in [-0.25, -0.2) is 4.98 Å². The second kappa shape index (κ2) is 10.9. The number of benzene rings is 7. The zero-order valence-corrected chi connectivity index (χ0v) is 27.9. The van der Waals surface area contributed by atoms with Crippen molar-refractivity contribution < 1.29 is 4.42 Å². The lowest BCUT2D eigenvalue weighted by atomic mass is 10.0. The van der Waals surface area contributed by atoms with Crippen molar-refractivity contribution in [2.24, 2.45) is 0 Å². The van der Waals surface area contributed by atoms with E-state index in [9.17, 15) is 0 Å². The SMILES string of the molecule is c1ccc(-c2nc(-c3ccccc3)nc(-n3c4ccccc4c4cc5sc6cc(-c7cccc8c7oc7ccccc78)ccc6c5cc43)n2)cc1. The summed E-state index contributed by atoms with van der Waals surface area (Å²) in [5.41, 5.74) is 8.08. The van der Waals surface area contributed by atoms with Crippen LogP contribution in [-0.4, -0.2) is 19.5 Å². The Hall–Kier alpha value is -6.63. The molecular weight excluding hydrogens is 645 g/mol. The molecule has 51 heavy (non-hydrogen) atoms. The topological polar surface area (TPSA) is 56.7 Å². The van der Waals surface area contributed by atoms with Crippen LogP contribution in [0, 0.1) is 0 Å². The van der Waals surface area contributed by atoms with Gasteiger partial charge in [0.05, 0.1) is 11.0 Å². The van der Waals surface area contributed by atoms with Gasteiger partial charge in [-0.05, 0) is 35.9 Å². The van der Waals surface area contributed by atoms with Crippen molar-refractivity contribution in [3.8, 4) is 39.9 Å². The van der Waals surface area contributed by atoms with Crippen molar-refractivity contribution in [1.82, 2.24) is 19.5 Å². The van der Waals surface area contributed by atoms with Crippen molar-refractivity contribution in [2.75, 3.05) is 0 Å². The standard InChI is InChI=1S/C45H26N4OS/c1-3-12-27(13-4-1)43-46-44(28-14-5-2-6-15-28)48-45(47-43)49-37-20-9-7-16-31(37)35-26-41-36(25-38(35)49)33-23-22-29(24-40(33)51-41)30-18-11-19-34-32-17-8-10-21-39(32)50-42(30)34/h1-26H. The highest BCUT2D eigenvalue weighted by molar-refractivity contribution is 7.26. The molecule has 0 aliphatic rings. The molecule has 0 saturated heterocycles. The van der Waals surface area contributed by atoms with E-state index in [-0.39, 0.29) is 0 Å². The number of para-hydroxylation sites is 3. The summed E-state index contributed by atoms with van der Waals surface area (Å²) in [6, 6.07) is 54.9. The summed E-state index contributed by atoms with van der Waals surface area (Å²) in [7, 11) is 0. The van der Waals surface area contributed by atoms with Crippen LogP contribution >= 0.6 is 11.3 Å². The first-order chi connectivity index (χ1) is 25.3. The fourth-order valence-electron chi connectivity index (χ4n) is 7.49. The molecule has 4 heterocycles. The molecule has 0 saturated carbocycles. The summed E-state index contributed by atoms with van der Waals surface area (Å²) in [6.07, 6.45) is 0. The number of fused-ring (bicyclic) bond motifs is 9. The maximum absolute atomic E-state index is 6.40. The third kappa shape index (κ3) is 4.37. The number of thiophene rings is 1. The molecule has 11 aromatic rings. The largest absolute Gasteiger partial charge is 0.455 e. The number of hydrogen-bond donors (Lipinski definition) is 0. The summed E-state index contributed by atoms with van der Waals surface area (Å²) in [4.78, 5) is 15.2. The third-order valence-electron chi connectivity index (χ3n) is 9.87. The van der Waals surface area contributed by atoms with Crippen molar-refractivity contribution in [3.63, 3.8) is 0 Å². The van der Waals surface area contributed by atoms with E-state index in [2.05, 4.69) is 89.5 Å². The Morgan fingerprint density at radius 1 is 0.431 bits per heavy atom. The predicted molar refractivity (Wildman–Crippen MR) is 211 cm³/mol. The van der Waals surface area contributed by atoms with Crippen LogP contribution in [-0.2, 0) is 0 Å². The van der Waals surface area contributed by atoms with Crippen LogP contribution in [0.25, 0.3) is 104 Å². The van der Waals surface area contributed by atoms with Gasteiger partial charge in [0.2, 0.25) is 5.95 Å². The zero-order valence-electron chi connectivity index (χ0n) is 27.1. The molecule has 4 aromatic heterocycles. The molecule has 0 aliphatic heterocycles. The van der Waals surface area contributed by atoms with Gasteiger partial charge >= 0.3 is 0 Å². The first kappa shape index (κ1) is 28.2. The van der Waals surface area contributed by atoms with E-state index < -0.39 is 0 Å². The first-order valence-corrected chi connectivity index (χ1v) is 17.8. The van der Waals surface area contributed by atoms with Crippen LogP contribution in [0.3, 0.4) is 0 Å². The van der Waals surface area contributed by atoms with Crippen LogP contribution in [0.5, 0.6) is 0 Å². The van der Waals surface area contributed by atoms with Gasteiger partial charge in [0.1, 0.15) is 11.2 Å². The average molecular weight is 671 g/mol. The van der Waals surface area contributed by atoms with Crippen LogP contribution in [0.2, 0.25) is 0 Å². The smallest absolute Gasteiger partial charge is 0.238 e. The summed E-state index contributed by atoms with van der Waals surface area (Å²) in [5.74, 6) is 1.87. The lowest BCUT2D eigenvalue weighted by Gasteiger charge is -2.11. The van der Waals surface area contributed by atoms with E-state index in [1.165, 1.54) is 25.6 Å². The molecule has 7 aromatic carbocycles. The van der Waals surface area contributed by atoms with Gasteiger partial charge in [-0.2, -0.15) is 9.97 Å². The fraction of sp³-hybridized carbons (Fsp3) is 0. The Balaban J connectivity index is 1.14. The predicted octanol–water partition coefficient (Wildman–Crippen LogP) is 12.2. The van der Waals surface area contributed by atoms with Gasteiger partial charge in [-0.1, -0.05) is 127 Å². The van der Waals surface area contributed by atoms with Gasteiger partial charge in [-0.3, -0.25) is 4.57 Å². The Bertz CT molecular complexity index is 3080. The molecule has 0 radical (unpaired) electrons. The monoisotopic (exact) mass is 670 g/mol. The maximum Gasteiger partial charge on any atom is 0.238 e. The summed E-state index contributed by atoms with van der Waals surface area (Å²) >= 11 is 1.83. The van der Waals surface area contributed by atoms with E-state index in [0.29, 0.717) is 17.6 Å². The number of furan rings is 1. The molecule has 0 atom stereocenters. The number of nitrogens with zero attached hydrogens (tertiary/aromatic N) is 4. The maximum atomic E-state index is 6.40. The number of rotatable bonds is 4. The first-order valence-electron chi connectivity index (χ1n) is 16.9. The van der Waals surface area contributed by atoms with Crippen LogP contribution in [0.4, 0.5) is 0 Å². The molecule has 0 aliphatic carbocycles. The average Bonchev–Trinajstić information content (AvgIpc) is 3.86. The molecule has 5 nitrogen and oxygen atoms in total. The third-order valence-corrected chi connectivity index (χ3v) is 11.0. The van der Waals surface area contributed by atoms with Crippen molar-refractivity contribution in [3.05, 3.63) is 158 Å². The molecular formula is C45H26N4OS. The molecule has 0 N–H and O–H groups in total. The summed E-state index contributed by atoms with van der Waals surface area (Å²) in [6.45, 7) is 0. The summed E-state index contributed by atoms with van der Waals surface area (Å²) < 4.78 is 11.1. The van der Waals surface area contributed by atoms with E-state index in [0.717, 1.165) is 60.6 Å². The van der Waals surface area contributed by atoms with Crippen LogP contribution in [0.15, 0.2) is 162 Å². The van der Waals surface area contributed by atoms with Gasteiger partial charge in [0.25, 0.3) is 0 Å². The normalized spacial score (nSPS) is 11.9. The second-order valence-electron chi connectivity index (χ2n) is 12.8. The minimum Gasteiger partial charge on any atom is -0.455 e. The van der Waals surface area contributed by atoms with Gasteiger partial charge in [-0.15, -0.1) is 11.3 Å².